The van der Waals surface area contributed by atoms with Gasteiger partial charge in [-0.25, -0.2) is 0 Å². The average Bonchev–Trinajstić information content (AvgIpc) is 2.56. The standard InChI is InChI=1S/C20H26FN/c1-2-3-16-4-6-17(7-5-16)8-9-18-10-12-19(13-11-18)14-20(21)15-22/h4-7,14,18-19H,2-3,8-13H2,1H3/b20-14+. The number of hydrogen-bond donors (Lipinski definition) is 0. The molecule has 0 aromatic heterocycles. The molecule has 1 fully saturated rings. The Balaban J connectivity index is 1.74. The number of benzene rings is 1. The maximum absolute atomic E-state index is 13.0. The molecule has 118 valence electrons. The molecule has 1 aliphatic rings. The van der Waals surface area contributed by atoms with E-state index in [1.54, 1.807) is 6.07 Å². The molecule has 2 heteroatoms. The zero-order valence-corrected chi connectivity index (χ0v) is 13.5. The predicted octanol–water partition coefficient (Wildman–Crippen LogP) is 5.76. The van der Waals surface area contributed by atoms with Crippen LogP contribution in [0, 0.1) is 23.2 Å². The van der Waals surface area contributed by atoms with E-state index in [1.165, 1.54) is 30.0 Å². The molecular weight excluding hydrogens is 273 g/mol. The first kappa shape index (κ1) is 16.7. The fourth-order valence-electron chi connectivity index (χ4n) is 3.42. The third-order valence-corrected chi connectivity index (χ3v) is 4.78. The lowest BCUT2D eigenvalue weighted by atomic mass is 9.79. The fraction of sp³-hybridized carbons (Fsp3) is 0.550. The van der Waals surface area contributed by atoms with Crippen molar-refractivity contribution in [2.75, 3.05) is 0 Å². The third-order valence-electron chi connectivity index (χ3n) is 4.78. The van der Waals surface area contributed by atoms with Crippen molar-refractivity contribution in [1.82, 2.24) is 0 Å². The molecule has 2 rings (SSSR count). The quantitative estimate of drug-likeness (QED) is 0.613. The van der Waals surface area contributed by atoms with Crippen LogP contribution in [0.15, 0.2) is 36.2 Å². The lowest BCUT2D eigenvalue weighted by Gasteiger charge is -2.26. The summed E-state index contributed by atoms with van der Waals surface area (Å²) in [7, 11) is 0. The van der Waals surface area contributed by atoms with Gasteiger partial charge in [-0.15, -0.1) is 0 Å². The predicted molar refractivity (Wildman–Crippen MR) is 89.0 cm³/mol. The highest BCUT2D eigenvalue weighted by Crippen LogP contribution is 2.33. The van der Waals surface area contributed by atoms with Gasteiger partial charge in [0.2, 0.25) is 0 Å². The molecule has 1 nitrogen and oxygen atoms in total. The topological polar surface area (TPSA) is 23.8 Å². The molecule has 0 bridgehead atoms. The highest BCUT2D eigenvalue weighted by atomic mass is 19.1. The number of nitrogens with zero attached hydrogens (tertiary/aromatic N) is 1. The van der Waals surface area contributed by atoms with Gasteiger partial charge in [0.15, 0.2) is 5.83 Å². The molecule has 0 aliphatic heterocycles. The second-order valence-electron chi connectivity index (χ2n) is 6.51. The maximum Gasteiger partial charge on any atom is 0.196 e. The largest absolute Gasteiger partial charge is 0.196 e. The molecule has 0 spiro atoms. The molecule has 0 radical (unpaired) electrons. The lowest BCUT2D eigenvalue weighted by Crippen LogP contribution is -2.14. The summed E-state index contributed by atoms with van der Waals surface area (Å²) in [6.07, 6.45) is 10.6. The van der Waals surface area contributed by atoms with Gasteiger partial charge in [-0.3, -0.25) is 0 Å². The van der Waals surface area contributed by atoms with Crippen molar-refractivity contribution in [3.8, 4) is 6.07 Å². The van der Waals surface area contributed by atoms with Crippen LogP contribution in [0.5, 0.6) is 0 Å². The van der Waals surface area contributed by atoms with Crippen LogP contribution in [-0.2, 0) is 12.8 Å². The average molecular weight is 299 g/mol. The Hall–Kier alpha value is -1.62. The molecule has 1 saturated carbocycles. The second kappa shape index (κ2) is 8.73. The third kappa shape index (κ3) is 5.30. The summed E-state index contributed by atoms with van der Waals surface area (Å²) < 4.78 is 13.0. The molecule has 0 atom stereocenters. The Labute approximate surface area is 133 Å². The Bertz CT molecular complexity index is 516. The van der Waals surface area contributed by atoms with Gasteiger partial charge in [0.1, 0.15) is 6.07 Å². The number of aryl methyl sites for hydroxylation is 2. The summed E-state index contributed by atoms with van der Waals surface area (Å²) in [6.45, 7) is 2.21. The van der Waals surface area contributed by atoms with Crippen molar-refractivity contribution in [3.05, 3.63) is 47.3 Å². The number of allylic oxidation sites excluding steroid dienone is 2. The minimum atomic E-state index is -0.615. The van der Waals surface area contributed by atoms with Crippen molar-refractivity contribution >= 4 is 0 Å². The van der Waals surface area contributed by atoms with Gasteiger partial charge in [-0.2, -0.15) is 9.65 Å². The monoisotopic (exact) mass is 299 g/mol. The highest BCUT2D eigenvalue weighted by molar-refractivity contribution is 5.22. The lowest BCUT2D eigenvalue weighted by molar-refractivity contribution is 0.294. The zero-order chi connectivity index (χ0) is 15.8. The normalized spacial score (nSPS) is 22.3. The van der Waals surface area contributed by atoms with E-state index in [4.69, 9.17) is 5.26 Å². The minimum Gasteiger partial charge on any atom is -0.195 e. The van der Waals surface area contributed by atoms with Crippen LogP contribution in [-0.4, -0.2) is 0 Å². The Morgan fingerprint density at radius 1 is 1.14 bits per heavy atom. The zero-order valence-electron chi connectivity index (χ0n) is 13.5. The number of rotatable bonds is 6. The molecule has 0 unspecified atom stereocenters. The van der Waals surface area contributed by atoms with Crippen molar-refractivity contribution < 1.29 is 4.39 Å². The van der Waals surface area contributed by atoms with Crippen LogP contribution in [0.4, 0.5) is 4.39 Å². The van der Waals surface area contributed by atoms with E-state index < -0.39 is 5.83 Å². The number of nitriles is 1. The summed E-state index contributed by atoms with van der Waals surface area (Å²) in [5.74, 6) is 0.407. The van der Waals surface area contributed by atoms with E-state index in [2.05, 4.69) is 31.2 Å². The van der Waals surface area contributed by atoms with Crippen LogP contribution in [0.2, 0.25) is 0 Å². The molecule has 1 aliphatic carbocycles. The van der Waals surface area contributed by atoms with E-state index in [1.807, 2.05) is 0 Å². The molecule has 0 N–H and O–H groups in total. The maximum atomic E-state index is 13.0. The van der Waals surface area contributed by atoms with Gasteiger partial charge < -0.3 is 0 Å². The van der Waals surface area contributed by atoms with Gasteiger partial charge in [0.25, 0.3) is 0 Å². The van der Waals surface area contributed by atoms with Crippen molar-refractivity contribution in [3.63, 3.8) is 0 Å². The van der Waals surface area contributed by atoms with Crippen LogP contribution in [0.1, 0.15) is 56.6 Å². The Morgan fingerprint density at radius 2 is 1.73 bits per heavy atom. The van der Waals surface area contributed by atoms with E-state index in [-0.39, 0.29) is 5.92 Å². The highest BCUT2D eigenvalue weighted by Gasteiger charge is 2.20. The number of halogens is 1. The Kier molecular flexibility index (Phi) is 6.65. The summed E-state index contributed by atoms with van der Waals surface area (Å²) in [5.41, 5.74) is 2.86. The van der Waals surface area contributed by atoms with Gasteiger partial charge >= 0.3 is 0 Å². The summed E-state index contributed by atoms with van der Waals surface area (Å²) >= 11 is 0. The van der Waals surface area contributed by atoms with Crippen LogP contribution in [0.3, 0.4) is 0 Å². The van der Waals surface area contributed by atoms with Gasteiger partial charge in [-0.1, -0.05) is 37.6 Å². The molecule has 0 amide bonds. The molecule has 22 heavy (non-hydrogen) atoms. The van der Waals surface area contributed by atoms with Crippen LogP contribution >= 0.6 is 0 Å². The van der Waals surface area contributed by atoms with Crippen LogP contribution < -0.4 is 0 Å². The summed E-state index contributed by atoms with van der Waals surface area (Å²) in [6, 6.07) is 10.6. The summed E-state index contributed by atoms with van der Waals surface area (Å²) in [4.78, 5) is 0. The molecule has 1 aromatic carbocycles. The first-order chi connectivity index (χ1) is 10.7. The van der Waals surface area contributed by atoms with E-state index >= 15 is 0 Å². The molecule has 0 heterocycles. The second-order valence-corrected chi connectivity index (χ2v) is 6.51. The van der Waals surface area contributed by atoms with E-state index in [0.29, 0.717) is 0 Å². The van der Waals surface area contributed by atoms with Gasteiger partial charge in [0, 0.05) is 0 Å². The van der Waals surface area contributed by atoms with Gasteiger partial charge in [-0.05, 0) is 74.0 Å². The first-order valence-corrected chi connectivity index (χ1v) is 8.56. The van der Waals surface area contributed by atoms with Gasteiger partial charge in [0.05, 0.1) is 0 Å². The smallest absolute Gasteiger partial charge is 0.195 e. The van der Waals surface area contributed by atoms with Crippen molar-refractivity contribution in [2.45, 2.75) is 58.3 Å². The Morgan fingerprint density at radius 3 is 2.27 bits per heavy atom. The van der Waals surface area contributed by atoms with E-state index in [9.17, 15) is 4.39 Å². The first-order valence-electron chi connectivity index (χ1n) is 8.56. The van der Waals surface area contributed by atoms with Crippen molar-refractivity contribution in [2.24, 2.45) is 11.8 Å². The molecule has 0 saturated heterocycles. The van der Waals surface area contributed by atoms with Crippen LogP contribution in [0.25, 0.3) is 0 Å². The molecule has 1 aromatic rings. The minimum absolute atomic E-state index is 0.268. The fourth-order valence-corrected chi connectivity index (χ4v) is 3.42. The SMILES string of the molecule is CCCc1ccc(CCC2CCC(/C=C(/F)C#N)CC2)cc1. The van der Waals surface area contributed by atoms with E-state index in [0.717, 1.165) is 44.4 Å². The van der Waals surface area contributed by atoms with Crippen molar-refractivity contribution in [1.29, 1.82) is 5.26 Å². The number of hydrogen-bond acceptors (Lipinski definition) is 1. The molecular formula is C20H26FN. The summed E-state index contributed by atoms with van der Waals surface area (Å²) in [5, 5.41) is 8.49.